The van der Waals surface area contributed by atoms with Gasteiger partial charge in [0, 0.05) is 16.6 Å². The van der Waals surface area contributed by atoms with Gasteiger partial charge in [-0.05, 0) is 42.0 Å². The smallest absolute Gasteiger partial charge is 0.351 e. The van der Waals surface area contributed by atoms with Gasteiger partial charge in [-0.25, -0.2) is 9.59 Å². The van der Waals surface area contributed by atoms with Crippen molar-refractivity contribution in [1.29, 1.82) is 0 Å². The lowest BCUT2D eigenvalue weighted by molar-refractivity contribution is 0.0468. The summed E-state index contributed by atoms with van der Waals surface area (Å²) in [7, 11) is 0. The van der Waals surface area contributed by atoms with Gasteiger partial charge < -0.3 is 14.5 Å². The summed E-state index contributed by atoms with van der Waals surface area (Å²) in [6, 6.07) is 24.2. The van der Waals surface area contributed by atoms with E-state index >= 15 is 0 Å². The van der Waals surface area contributed by atoms with Crippen LogP contribution in [0.3, 0.4) is 0 Å². The number of anilines is 1. The number of carbonyl (C=O) groups excluding carboxylic acids is 2. The third-order valence-corrected chi connectivity index (χ3v) is 4.48. The van der Waals surface area contributed by atoms with E-state index in [1.54, 1.807) is 60.7 Å². The van der Waals surface area contributed by atoms with Crippen LogP contribution in [-0.4, -0.2) is 11.9 Å². The standard InChI is InChI=1S/C24H17NO5/c26-22(25-19-7-2-1-3-8-19)17-12-10-16(11-13-17)15-29-23(27)20-14-18-6-4-5-9-21(18)30-24(20)28/h1-14H,15H2,(H,25,26). The van der Waals surface area contributed by atoms with Crippen LogP contribution in [0, 0.1) is 0 Å². The van der Waals surface area contributed by atoms with E-state index in [0.29, 0.717) is 27.8 Å². The second kappa shape index (κ2) is 8.45. The number of benzene rings is 3. The number of hydrogen-bond donors (Lipinski definition) is 1. The molecule has 0 bridgehead atoms. The van der Waals surface area contributed by atoms with Crippen LogP contribution in [0.5, 0.6) is 0 Å². The van der Waals surface area contributed by atoms with E-state index in [1.807, 2.05) is 18.2 Å². The molecule has 0 aliphatic heterocycles. The molecule has 4 rings (SSSR count). The van der Waals surface area contributed by atoms with Crippen LogP contribution in [0.15, 0.2) is 94.1 Å². The number of rotatable bonds is 5. The van der Waals surface area contributed by atoms with Gasteiger partial charge in [-0.3, -0.25) is 4.79 Å². The molecular weight excluding hydrogens is 382 g/mol. The Balaban J connectivity index is 1.40. The topological polar surface area (TPSA) is 85.6 Å². The molecule has 6 heteroatoms. The van der Waals surface area contributed by atoms with Crippen molar-refractivity contribution in [2.24, 2.45) is 0 Å². The zero-order chi connectivity index (χ0) is 20.9. The van der Waals surface area contributed by atoms with Crippen LogP contribution in [0.4, 0.5) is 5.69 Å². The number of amides is 1. The van der Waals surface area contributed by atoms with Crippen LogP contribution < -0.4 is 10.9 Å². The predicted octanol–water partition coefficient (Wildman–Crippen LogP) is 4.40. The first-order valence-corrected chi connectivity index (χ1v) is 9.25. The molecule has 0 fully saturated rings. The van der Waals surface area contributed by atoms with E-state index in [-0.39, 0.29) is 18.1 Å². The van der Waals surface area contributed by atoms with E-state index in [9.17, 15) is 14.4 Å². The number of carbonyl (C=O) groups is 2. The lowest BCUT2D eigenvalue weighted by Gasteiger charge is -2.07. The first-order valence-electron chi connectivity index (χ1n) is 9.25. The Morgan fingerprint density at radius 3 is 2.33 bits per heavy atom. The lowest BCUT2D eigenvalue weighted by Crippen LogP contribution is -2.16. The summed E-state index contributed by atoms with van der Waals surface area (Å²) >= 11 is 0. The Labute approximate surface area is 171 Å². The molecule has 0 aliphatic rings. The zero-order valence-electron chi connectivity index (χ0n) is 15.8. The molecule has 4 aromatic rings. The van der Waals surface area contributed by atoms with Gasteiger partial charge in [-0.2, -0.15) is 0 Å². The predicted molar refractivity (Wildman–Crippen MR) is 112 cm³/mol. The van der Waals surface area contributed by atoms with Crippen LogP contribution in [0.25, 0.3) is 11.0 Å². The first-order chi connectivity index (χ1) is 14.6. The average molecular weight is 399 g/mol. The Morgan fingerprint density at radius 1 is 0.867 bits per heavy atom. The van der Waals surface area contributed by atoms with E-state index in [4.69, 9.17) is 9.15 Å². The normalized spacial score (nSPS) is 10.5. The highest BCUT2D eigenvalue weighted by molar-refractivity contribution is 6.04. The van der Waals surface area contributed by atoms with E-state index in [1.165, 1.54) is 6.07 Å². The zero-order valence-corrected chi connectivity index (χ0v) is 15.8. The molecule has 1 heterocycles. The van der Waals surface area contributed by atoms with Crippen molar-refractivity contribution in [3.8, 4) is 0 Å². The Hall–Kier alpha value is -4.19. The number of para-hydroxylation sites is 2. The van der Waals surface area contributed by atoms with Crippen molar-refractivity contribution in [1.82, 2.24) is 0 Å². The molecule has 1 aromatic heterocycles. The molecule has 0 spiro atoms. The summed E-state index contributed by atoms with van der Waals surface area (Å²) in [6.45, 7) is -0.0360. The van der Waals surface area contributed by atoms with E-state index in [0.717, 1.165) is 0 Å². The third kappa shape index (κ3) is 4.28. The maximum atomic E-state index is 12.3. The average Bonchev–Trinajstić information content (AvgIpc) is 2.78. The summed E-state index contributed by atoms with van der Waals surface area (Å²) in [6.07, 6.45) is 0. The molecule has 1 N–H and O–H groups in total. The monoisotopic (exact) mass is 399 g/mol. The van der Waals surface area contributed by atoms with Gasteiger partial charge in [0.2, 0.25) is 0 Å². The number of esters is 1. The molecule has 3 aromatic carbocycles. The molecule has 148 valence electrons. The van der Waals surface area contributed by atoms with Crippen LogP contribution in [-0.2, 0) is 11.3 Å². The quantitative estimate of drug-likeness (QED) is 0.397. The minimum atomic E-state index is -0.764. The highest BCUT2D eigenvalue weighted by Gasteiger charge is 2.15. The molecule has 1 amide bonds. The fraction of sp³-hybridized carbons (Fsp3) is 0.0417. The van der Waals surface area contributed by atoms with Crippen molar-refractivity contribution < 1.29 is 18.7 Å². The SMILES string of the molecule is O=C(Nc1ccccc1)c1ccc(COC(=O)c2cc3ccccc3oc2=O)cc1. The number of hydrogen-bond acceptors (Lipinski definition) is 5. The molecule has 0 aliphatic carbocycles. The number of nitrogens with one attached hydrogen (secondary N) is 1. The van der Waals surface area contributed by atoms with Gasteiger partial charge in [0.05, 0.1) is 0 Å². The molecule has 0 atom stereocenters. The highest BCUT2D eigenvalue weighted by Crippen LogP contribution is 2.14. The molecule has 0 unspecified atom stereocenters. The molecular formula is C24H17NO5. The van der Waals surface area contributed by atoms with Crippen LogP contribution in [0.2, 0.25) is 0 Å². The van der Waals surface area contributed by atoms with Gasteiger partial charge in [0.25, 0.3) is 5.91 Å². The number of fused-ring (bicyclic) bond motifs is 1. The number of ether oxygens (including phenoxy) is 1. The maximum absolute atomic E-state index is 12.3. The fourth-order valence-electron chi connectivity index (χ4n) is 2.91. The summed E-state index contributed by atoms with van der Waals surface area (Å²) in [4.78, 5) is 36.6. The highest BCUT2D eigenvalue weighted by atomic mass is 16.5. The third-order valence-electron chi connectivity index (χ3n) is 4.48. The fourth-order valence-corrected chi connectivity index (χ4v) is 2.91. The minimum absolute atomic E-state index is 0.0360. The molecule has 30 heavy (non-hydrogen) atoms. The molecule has 0 radical (unpaired) electrons. The summed E-state index contributed by atoms with van der Waals surface area (Å²) in [5.74, 6) is -1.00. The Kier molecular flexibility index (Phi) is 5.39. The summed E-state index contributed by atoms with van der Waals surface area (Å²) < 4.78 is 10.4. The maximum Gasteiger partial charge on any atom is 0.351 e. The summed E-state index contributed by atoms with van der Waals surface area (Å²) in [5.41, 5.74) is 1.37. The summed E-state index contributed by atoms with van der Waals surface area (Å²) in [5, 5.41) is 3.44. The van der Waals surface area contributed by atoms with Gasteiger partial charge >= 0.3 is 11.6 Å². The van der Waals surface area contributed by atoms with Crippen molar-refractivity contribution in [3.05, 3.63) is 112 Å². The van der Waals surface area contributed by atoms with Crippen molar-refractivity contribution in [2.45, 2.75) is 6.61 Å². The van der Waals surface area contributed by atoms with Gasteiger partial charge in [-0.1, -0.05) is 48.5 Å². The Bertz CT molecular complexity index is 1260. The van der Waals surface area contributed by atoms with Crippen molar-refractivity contribution in [3.63, 3.8) is 0 Å². The molecule has 0 saturated heterocycles. The largest absolute Gasteiger partial charge is 0.457 e. The van der Waals surface area contributed by atoms with Gasteiger partial charge in [0.15, 0.2) is 0 Å². The van der Waals surface area contributed by atoms with Crippen molar-refractivity contribution in [2.75, 3.05) is 5.32 Å². The van der Waals surface area contributed by atoms with Crippen LogP contribution in [0.1, 0.15) is 26.3 Å². The van der Waals surface area contributed by atoms with Gasteiger partial charge in [-0.15, -0.1) is 0 Å². The van der Waals surface area contributed by atoms with Gasteiger partial charge in [0.1, 0.15) is 17.8 Å². The lowest BCUT2D eigenvalue weighted by atomic mass is 10.1. The van der Waals surface area contributed by atoms with Crippen LogP contribution >= 0.6 is 0 Å². The van der Waals surface area contributed by atoms with E-state index in [2.05, 4.69) is 5.32 Å². The molecule has 0 saturated carbocycles. The Morgan fingerprint density at radius 2 is 1.57 bits per heavy atom. The van der Waals surface area contributed by atoms with E-state index < -0.39 is 11.6 Å². The van der Waals surface area contributed by atoms with Crippen molar-refractivity contribution >= 4 is 28.5 Å². The molecule has 6 nitrogen and oxygen atoms in total. The minimum Gasteiger partial charge on any atom is -0.457 e. The second-order valence-electron chi connectivity index (χ2n) is 6.58. The second-order valence-corrected chi connectivity index (χ2v) is 6.58. The first kappa shape index (κ1) is 19.1.